The third-order valence-electron chi connectivity index (χ3n) is 2.14. The summed E-state index contributed by atoms with van der Waals surface area (Å²) in [5.74, 6) is -1.23. The second-order valence-corrected chi connectivity index (χ2v) is 5.57. The van der Waals surface area contributed by atoms with Crippen LogP contribution in [0.15, 0.2) is 34.8 Å². The molecular weight excluding hydrogens is 377 g/mol. The van der Waals surface area contributed by atoms with Gasteiger partial charge in [-0.3, -0.25) is 0 Å². The molecule has 0 fully saturated rings. The van der Waals surface area contributed by atoms with Gasteiger partial charge in [-0.2, -0.15) is 0 Å². The maximum atomic E-state index is 12.1. The molecule has 1 aromatic heterocycles. The zero-order valence-corrected chi connectivity index (χ0v) is 12.4. The number of aromatic carboxylic acids is 1. The van der Waals surface area contributed by atoms with Gasteiger partial charge in [0.1, 0.15) is 16.4 Å². The summed E-state index contributed by atoms with van der Waals surface area (Å²) in [6.45, 7) is 0. The van der Waals surface area contributed by atoms with Crippen LogP contribution in [0.25, 0.3) is 0 Å². The molecule has 21 heavy (non-hydrogen) atoms. The van der Waals surface area contributed by atoms with Crippen molar-refractivity contribution in [3.8, 4) is 16.6 Å². The zero-order valence-electron chi connectivity index (χ0n) is 9.98. The minimum atomic E-state index is -4.78. The summed E-state index contributed by atoms with van der Waals surface area (Å²) in [5, 5.41) is 9.09. The Kier molecular flexibility index (Phi) is 4.43. The number of ether oxygens (including phenoxy) is 2. The van der Waals surface area contributed by atoms with Crippen LogP contribution in [0.4, 0.5) is 13.2 Å². The fourth-order valence-corrected chi connectivity index (χ4v) is 2.51. The molecule has 4 nitrogen and oxygen atoms in total. The molecule has 0 unspecified atom stereocenters. The van der Waals surface area contributed by atoms with Crippen molar-refractivity contribution in [3.05, 3.63) is 39.7 Å². The van der Waals surface area contributed by atoms with E-state index in [0.29, 0.717) is 5.06 Å². The molecule has 0 aliphatic heterocycles. The van der Waals surface area contributed by atoms with Crippen molar-refractivity contribution >= 4 is 33.2 Å². The monoisotopic (exact) mass is 382 g/mol. The summed E-state index contributed by atoms with van der Waals surface area (Å²) in [7, 11) is 0. The van der Waals surface area contributed by atoms with E-state index in [9.17, 15) is 18.0 Å². The SMILES string of the molecule is O=C(O)c1ccc(Oc2ccc(OC(F)(F)F)c(Br)c2)s1. The zero-order chi connectivity index (χ0) is 15.6. The van der Waals surface area contributed by atoms with Gasteiger partial charge in [-0.1, -0.05) is 11.3 Å². The van der Waals surface area contributed by atoms with Crippen molar-refractivity contribution in [2.45, 2.75) is 6.36 Å². The Balaban J connectivity index is 2.14. The minimum Gasteiger partial charge on any atom is -0.477 e. The van der Waals surface area contributed by atoms with E-state index in [1.165, 1.54) is 24.3 Å². The predicted molar refractivity (Wildman–Crippen MR) is 72.2 cm³/mol. The molecule has 9 heteroatoms. The molecule has 0 aliphatic rings. The second-order valence-electron chi connectivity index (χ2n) is 3.67. The van der Waals surface area contributed by atoms with Crippen LogP contribution < -0.4 is 9.47 Å². The summed E-state index contributed by atoms with van der Waals surface area (Å²) >= 11 is 3.85. The van der Waals surface area contributed by atoms with E-state index in [-0.39, 0.29) is 15.1 Å². The van der Waals surface area contributed by atoms with Gasteiger partial charge >= 0.3 is 12.3 Å². The molecule has 0 saturated heterocycles. The van der Waals surface area contributed by atoms with Crippen LogP contribution >= 0.6 is 27.3 Å². The average Bonchev–Trinajstić information content (AvgIpc) is 2.80. The van der Waals surface area contributed by atoms with Crippen LogP contribution in [-0.4, -0.2) is 17.4 Å². The lowest BCUT2D eigenvalue weighted by Gasteiger charge is -2.11. The topological polar surface area (TPSA) is 55.8 Å². The van der Waals surface area contributed by atoms with Crippen molar-refractivity contribution in [3.63, 3.8) is 0 Å². The van der Waals surface area contributed by atoms with Gasteiger partial charge in [0.25, 0.3) is 0 Å². The van der Waals surface area contributed by atoms with Gasteiger partial charge in [-0.15, -0.1) is 13.2 Å². The quantitative estimate of drug-likeness (QED) is 0.816. The van der Waals surface area contributed by atoms with E-state index in [0.717, 1.165) is 17.4 Å². The molecule has 0 aliphatic carbocycles. The molecule has 0 saturated carbocycles. The fourth-order valence-electron chi connectivity index (χ4n) is 1.36. The first kappa shape index (κ1) is 15.6. The largest absolute Gasteiger partial charge is 0.573 e. The first-order valence-corrected chi connectivity index (χ1v) is 6.92. The van der Waals surface area contributed by atoms with Crippen molar-refractivity contribution in [1.82, 2.24) is 0 Å². The number of alkyl halides is 3. The highest BCUT2D eigenvalue weighted by atomic mass is 79.9. The smallest absolute Gasteiger partial charge is 0.477 e. The summed E-state index contributed by atoms with van der Waals surface area (Å²) < 4.78 is 45.6. The van der Waals surface area contributed by atoms with Gasteiger partial charge < -0.3 is 14.6 Å². The summed E-state index contributed by atoms with van der Waals surface area (Å²) in [5.41, 5.74) is 0. The minimum absolute atomic E-state index is 0.0624. The Morgan fingerprint density at radius 1 is 1.24 bits per heavy atom. The molecule has 0 bridgehead atoms. The number of halogens is 4. The standard InChI is InChI=1S/C12H6BrF3O4S/c13-7-5-6(1-2-8(7)20-12(14,15)16)19-10-4-3-9(21-10)11(17)18/h1-5H,(H,17,18). The van der Waals surface area contributed by atoms with E-state index < -0.39 is 18.1 Å². The molecule has 0 radical (unpaired) electrons. The molecule has 0 atom stereocenters. The molecule has 0 spiro atoms. The number of rotatable bonds is 4. The number of hydrogen-bond acceptors (Lipinski definition) is 4. The molecule has 1 aromatic carbocycles. The van der Waals surface area contributed by atoms with Gasteiger partial charge in [0.15, 0.2) is 5.06 Å². The van der Waals surface area contributed by atoms with E-state index in [1.54, 1.807) is 0 Å². The van der Waals surface area contributed by atoms with Gasteiger partial charge in [-0.05, 0) is 46.3 Å². The van der Waals surface area contributed by atoms with Crippen LogP contribution in [0, 0.1) is 0 Å². The van der Waals surface area contributed by atoms with Crippen LogP contribution in [0.3, 0.4) is 0 Å². The van der Waals surface area contributed by atoms with Gasteiger partial charge in [-0.25, -0.2) is 4.79 Å². The number of carboxylic acid groups (broad SMARTS) is 1. The van der Waals surface area contributed by atoms with Gasteiger partial charge in [0.2, 0.25) is 0 Å². The number of hydrogen-bond donors (Lipinski definition) is 1. The number of benzene rings is 1. The third kappa shape index (κ3) is 4.36. The Hall–Kier alpha value is -1.74. The van der Waals surface area contributed by atoms with Crippen molar-refractivity contribution in [1.29, 1.82) is 0 Å². The Labute approximate surface area is 128 Å². The fraction of sp³-hybridized carbons (Fsp3) is 0.0833. The first-order chi connectivity index (χ1) is 9.74. The number of carboxylic acids is 1. The van der Waals surface area contributed by atoms with Crippen molar-refractivity contribution < 1.29 is 32.5 Å². The molecule has 1 heterocycles. The normalized spacial score (nSPS) is 11.2. The Bertz CT molecular complexity index is 669. The van der Waals surface area contributed by atoms with Crippen molar-refractivity contribution in [2.75, 3.05) is 0 Å². The first-order valence-electron chi connectivity index (χ1n) is 5.31. The van der Waals surface area contributed by atoms with Crippen molar-refractivity contribution in [2.24, 2.45) is 0 Å². The van der Waals surface area contributed by atoms with E-state index in [1.807, 2.05) is 0 Å². The van der Waals surface area contributed by atoms with Crippen LogP contribution in [0.2, 0.25) is 0 Å². The van der Waals surface area contributed by atoms with Gasteiger partial charge in [0, 0.05) is 0 Å². The predicted octanol–water partition coefficient (Wildman–Crippen LogP) is 4.90. The van der Waals surface area contributed by atoms with Crippen LogP contribution in [0.5, 0.6) is 16.6 Å². The van der Waals surface area contributed by atoms with E-state index in [2.05, 4.69) is 20.7 Å². The number of carbonyl (C=O) groups is 1. The molecule has 1 N–H and O–H groups in total. The van der Waals surface area contributed by atoms with E-state index in [4.69, 9.17) is 9.84 Å². The lowest BCUT2D eigenvalue weighted by Crippen LogP contribution is -2.17. The van der Waals surface area contributed by atoms with Gasteiger partial charge in [0.05, 0.1) is 4.47 Å². The highest BCUT2D eigenvalue weighted by molar-refractivity contribution is 9.10. The van der Waals surface area contributed by atoms with Crippen LogP contribution in [-0.2, 0) is 0 Å². The molecule has 2 rings (SSSR count). The lowest BCUT2D eigenvalue weighted by atomic mass is 10.3. The molecule has 0 amide bonds. The summed E-state index contributed by atoms with van der Waals surface area (Å²) in [4.78, 5) is 10.8. The second kappa shape index (κ2) is 5.94. The highest BCUT2D eigenvalue weighted by Crippen LogP contribution is 2.36. The highest BCUT2D eigenvalue weighted by Gasteiger charge is 2.32. The molecule has 112 valence electrons. The molecular formula is C12H6BrF3O4S. The van der Waals surface area contributed by atoms with E-state index >= 15 is 0 Å². The average molecular weight is 383 g/mol. The lowest BCUT2D eigenvalue weighted by molar-refractivity contribution is -0.274. The Morgan fingerprint density at radius 2 is 1.95 bits per heavy atom. The van der Waals surface area contributed by atoms with Crippen LogP contribution in [0.1, 0.15) is 9.67 Å². The summed E-state index contributed by atoms with van der Waals surface area (Å²) in [6, 6.07) is 6.51. The Morgan fingerprint density at radius 3 is 2.48 bits per heavy atom. The maximum Gasteiger partial charge on any atom is 0.573 e. The number of thiophene rings is 1. The maximum absolute atomic E-state index is 12.1. The third-order valence-corrected chi connectivity index (χ3v) is 3.71. The summed E-state index contributed by atoms with van der Waals surface area (Å²) in [6.07, 6.45) is -4.78. The molecule has 2 aromatic rings.